The maximum absolute atomic E-state index is 6.05. The highest BCUT2D eigenvalue weighted by molar-refractivity contribution is 6.30. The van der Waals surface area contributed by atoms with Crippen molar-refractivity contribution in [3.63, 3.8) is 0 Å². The Balaban J connectivity index is 2.08. The summed E-state index contributed by atoms with van der Waals surface area (Å²) in [5.74, 6) is 0.592. The summed E-state index contributed by atoms with van der Waals surface area (Å²) < 4.78 is 0. The minimum Gasteiger partial charge on any atom is -0.326 e. The van der Waals surface area contributed by atoms with Gasteiger partial charge in [-0.05, 0) is 30.5 Å². The first-order valence-electron chi connectivity index (χ1n) is 5.83. The normalized spacial score (nSPS) is 28.2. The average molecular weight is 239 g/mol. The van der Waals surface area contributed by atoms with E-state index in [2.05, 4.69) is 30.9 Å². The van der Waals surface area contributed by atoms with E-state index in [1.54, 1.807) is 0 Å². The number of benzene rings is 1. The minimum absolute atomic E-state index is 0.315. The fourth-order valence-electron chi connectivity index (χ4n) is 2.30. The van der Waals surface area contributed by atoms with E-state index in [-0.39, 0.29) is 0 Å². The lowest BCUT2D eigenvalue weighted by atomic mass is 10.1. The molecule has 0 spiro atoms. The monoisotopic (exact) mass is 238 g/mol. The van der Waals surface area contributed by atoms with Crippen LogP contribution in [0.15, 0.2) is 24.3 Å². The van der Waals surface area contributed by atoms with Gasteiger partial charge >= 0.3 is 0 Å². The number of hydrogen-bond donors (Lipinski definition) is 1. The van der Waals surface area contributed by atoms with Gasteiger partial charge in [-0.25, -0.2) is 0 Å². The van der Waals surface area contributed by atoms with Crippen LogP contribution in [0, 0.1) is 5.92 Å². The molecular weight excluding hydrogens is 220 g/mol. The third kappa shape index (κ3) is 2.40. The summed E-state index contributed by atoms with van der Waals surface area (Å²) >= 11 is 5.89. The van der Waals surface area contributed by atoms with Crippen molar-refractivity contribution in [1.82, 2.24) is 4.90 Å². The molecule has 0 amide bonds. The van der Waals surface area contributed by atoms with Crippen LogP contribution in [0.25, 0.3) is 0 Å². The van der Waals surface area contributed by atoms with Gasteiger partial charge in [-0.3, -0.25) is 4.90 Å². The van der Waals surface area contributed by atoms with E-state index in [4.69, 9.17) is 17.3 Å². The van der Waals surface area contributed by atoms with Crippen molar-refractivity contribution in [2.75, 3.05) is 13.1 Å². The Hall–Kier alpha value is -0.570. The van der Waals surface area contributed by atoms with Gasteiger partial charge in [0.25, 0.3) is 0 Å². The smallest absolute Gasteiger partial charge is 0.0406 e. The Labute approximate surface area is 102 Å². The number of nitrogens with two attached hydrogens (primary N) is 1. The highest BCUT2D eigenvalue weighted by Crippen LogP contribution is 2.27. The van der Waals surface area contributed by atoms with Crippen molar-refractivity contribution >= 4 is 11.6 Å². The Morgan fingerprint density at radius 1 is 1.31 bits per heavy atom. The van der Waals surface area contributed by atoms with Crippen molar-refractivity contribution in [2.24, 2.45) is 11.7 Å². The zero-order chi connectivity index (χ0) is 11.7. The van der Waals surface area contributed by atoms with Crippen molar-refractivity contribution in [1.29, 1.82) is 0 Å². The van der Waals surface area contributed by atoms with Crippen molar-refractivity contribution in [3.8, 4) is 0 Å². The van der Waals surface area contributed by atoms with Crippen LogP contribution < -0.4 is 5.73 Å². The Morgan fingerprint density at radius 2 is 1.94 bits per heavy atom. The molecule has 3 heteroatoms. The quantitative estimate of drug-likeness (QED) is 0.859. The summed E-state index contributed by atoms with van der Waals surface area (Å²) in [6.45, 7) is 6.53. The molecule has 3 atom stereocenters. The molecule has 1 saturated heterocycles. The standard InChI is InChI=1S/C13H19ClN2/c1-9-7-16(8-13(9)15)10(2)11-3-5-12(14)6-4-11/h3-6,9-10,13H,7-8,15H2,1-2H3. The molecule has 2 nitrogen and oxygen atoms in total. The molecule has 1 aliphatic rings. The van der Waals surface area contributed by atoms with Crippen LogP contribution in [0.3, 0.4) is 0 Å². The number of likely N-dealkylation sites (tertiary alicyclic amines) is 1. The van der Waals surface area contributed by atoms with Crippen LogP contribution in [-0.4, -0.2) is 24.0 Å². The molecule has 0 aromatic heterocycles. The van der Waals surface area contributed by atoms with Gasteiger partial charge in [-0.2, -0.15) is 0 Å². The average Bonchev–Trinajstić information content (AvgIpc) is 2.59. The summed E-state index contributed by atoms with van der Waals surface area (Å²) in [6, 6.07) is 8.84. The third-order valence-corrected chi connectivity index (χ3v) is 3.85. The van der Waals surface area contributed by atoms with Crippen molar-refractivity contribution < 1.29 is 0 Å². The molecule has 0 aliphatic carbocycles. The second-order valence-electron chi connectivity index (χ2n) is 4.82. The van der Waals surface area contributed by atoms with Gasteiger partial charge in [-0.1, -0.05) is 30.7 Å². The Kier molecular flexibility index (Phi) is 3.53. The fraction of sp³-hybridized carbons (Fsp3) is 0.538. The first-order chi connectivity index (χ1) is 7.58. The summed E-state index contributed by atoms with van der Waals surface area (Å²) in [4.78, 5) is 2.44. The van der Waals surface area contributed by atoms with Crippen LogP contribution in [0.5, 0.6) is 0 Å². The highest BCUT2D eigenvalue weighted by atomic mass is 35.5. The van der Waals surface area contributed by atoms with E-state index >= 15 is 0 Å². The summed E-state index contributed by atoms with van der Waals surface area (Å²) in [6.07, 6.45) is 0. The SMILES string of the molecule is CC1CN(C(C)c2ccc(Cl)cc2)CC1N. The van der Waals surface area contributed by atoms with E-state index in [1.165, 1.54) is 5.56 Å². The second kappa shape index (κ2) is 4.74. The lowest BCUT2D eigenvalue weighted by Crippen LogP contribution is -2.29. The first-order valence-corrected chi connectivity index (χ1v) is 6.21. The van der Waals surface area contributed by atoms with E-state index < -0.39 is 0 Å². The predicted octanol–water partition coefficient (Wildman–Crippen LogP) is 2.68. The fourth-order valence-corrected chi connectivity index (χ4v) is 2.42. The van der Waals surface area contributed by atoms with Crippen LogP contribution in [-0.2, 0) is 0 Å². The summed E-state index contributed by atoms with van der Waals surface area (Å²) in [7, 11) is 0. The number of nitrogens with zero attached hydrogens (tertiary/aromatic N) is 1. The Bertz CT molecular complexity index is 339. The number of rotatable bonds is 2. The molecule has 1 heterocycles. The highest BCUT2D eigenvalue weighted by Gasteiger charge is 2.29. The van der Waals surface area contributed by atoms with E-state index in [1.807, 2.05) is 12.1 Å². The molecule has 0 bridgehead atoms. The van der Waals surface area contributed by atoms with Crippen molar-refractivity contribution in [3.05, 3.63) is 34.9 Å². The third-order valence-electron chi connectivity index (χ3n) is 3.60. The number of halogens is 1. The molecule has 3 unspecified atom stereocenters. The molecule has 88 valence electrons. The topological polar surface area (TPSA) is 29.3 Å². The van der Waals surface area contributed by atoms with E-state index in [9.17, 15) is 0 Å². The largest absolute Gasteiger partial charge is 0.326 e. The molecule has 2 rings (SSSR count). The second-order valence-corrected chi connectivity index (χ2v) is 5.26. The van der Waals surface area contributed by atoms with Gasteiger partial charge in [0, 0.05) is 30.2 Å². The van der Waals surface area contributed by atoms with E-state index in [0.717, 1.165) is 18.1 Å². The molecule has 0 saturated carbocycles. The minimum atomic E-state index is 0.315. The van der Waals surface area contributed by atoms with Gasteiger partial charge in [0.2, 0.25) is 0 Å². The van der Waals surface area contributed by atoms with E-state index in [0.29, 0.717) is 18.0 Å². The van der Waals surface area contributed by atoms with Crippen molar-refractivity contribution in [2.45, 2.75) is 25.9 Å². The summed E-state index contributed by atoms with van der Waals surface area (Å²) in [5.41, 5.74) is 7.36. The molecule has 1 aromatic carbocycles. The van der Waals surface area contributed by atoms with Gasteiger partial charge in [0.1, 0.15) is 0 Å². The zero-order valence-electron chi connectivity index (χ0n) is 9.86. The molecule has 16 heavy (non-hydrogen) atoms. The van der Waals surface area contributed by atoms with Crippen LogP contribution >= 0.6 is 11.6 Å². The van der Waals surface area contributed by atoms with Crippen LogP contribution in [0.1, 0.15) is 25.5 Å². The van der Waals surface area contributed by atoms with Gasteiger partial charge in [0.05, 0.1) is 0 Å². The van der Waals surface area contributed by atoms with Gasteiger partial charge in [-0.15, -0.1) is 0 Å². The lowest BCUT2D eigenvalue weighted by molar-refractivity contribution is 0.253. The first kappa shape index (κ1) is 11.9. The zero-order valence-corrected chi connectivity index (χ0v) is 10.6. The Morgan fingerprint density at radius 3 is 2.44 bits per heavy atom. The maximum atomic E-state index is 6.05. The maximum Gasteiger partial charge on any atom is 0.0406 e. The van der Waals surface area contributed by atoms with Gasteiger partial charge in [0.15, 0.2) is 0 Å². The van der Waals surface area contributed by atoms with Crippen LogP contribution in [0.4, 0.5) is 0 Å². The van der Waals surface area contributed by atoms with Gasteiger partial charge < -0.3 is 5.73 Å². The molecule has 2 N–H and O–H groups in total. The van der Waals surface area contributed by atoms with Crippen LogP contribution in [0.2, 0.25) is 5.02 Å². The molecule has 1 fully saturated rings. The number of hydrogen-bond acceptors (Lipinski definition) is 2. The molecule has 1 aromatic rings. The molecule has 1 aliphatic heterocycles. The molecule has 0 radical (unpaired) electrons. The predicted molar refractivity (Wildman–Crippen MR) is 68.6 cm³/mol. The molecular formula is C13H19ClN2. The summed E-state index contributed by atoms with van der Waals surface area (Å²) in [5, 5.41) is 0.794. The lowest BCUT2D eigenvalue weighted by Gasteiger charge is -2.24.